The predicted molar refractivity (Wildman–Crippen MR) is 86.2 cm³/mol. The molecule has 2 aliphatic heterocycles. The Balaban J connectivity index is 2.14. The first-order valence-corrected chi connectivity index (χ1v) is 9.16. The van der Waals surface area contributed by atoms with Gasteiger partial charge in [0.25, 0.3) is 0 Å². The maximum atomic E-state index is 12.1. The second kappa shape index (κ2) is 5.70. The number of aromatic nitrogens is 2. The standard InChI is InChI=1S/C14H20ClN3O3S/c1-8-5-20-6-9-7-21-10-11(14(2,3)22(4)19)16-13(15)17-12(10)18(8)9/h8-9H,5-7H2,1-4H3/t8-,9?,22?/m1/s1. The van der Waals surface area contributed by atoms with Crippen LogP contribution in [0.4, 0.5) is 5.82 Å². The summed E-state index contributed by atoms with van der Waals surface area (Å²) in [6.07, 6.45) is 1.66. The molecule has 1 saturated heterocycles. The van der Waals surface area contributed by atoms with Crippen molar-refractivity contribution in [3.05, 3.63) is 11.0 Å². The molecule has 1 aromatic rings. The number of ether oxygens (including phenoxy) is 2. The highest BCUT2D eigenvalue weighted by Gasteiger charge is 2.43. The van der Waals surface area contributed by atoms with Gasteiger partial charge in [-0.05, 0) is 43.5 Å². The lowest BCUT2D eigenvalue weighted by molar-refractivity contribution is 0.0482. The molecule has 0 bridgehead atoms. The Morgan fingerprint density at radius 3 is 2.73 bits per heavy atom. The van der Waals surface area contributed by atoms with Crippen LogP contribution in [0.15, 0.2) is 0 Å². The van der Waals surface area contributed by atoms with Crippen LogP contribution in [0.2, 0.25) is 5.28 Å². The average Bonchev–Trinajstić information content (AvgIpc) is 2.45. The fourth-order valence-corrected chi connectivity index (χ4v) is 3.42. The average molecular weight is 346 g/mol. The Kier molecular flexibility index (Phi) is 4.18. The third kappa shape index (κ3) is 2.54. The van der Waals surface area contributed by atoms with Crippen LogP contribution in [0.25, 0.3) is 0 Å². The molecule has 22 heavy (non-hydrogen) atoms. The van der Waals surface area contributed by atoms with E-state index in [1.54, 1.807) is 6.26 Å². The van der Waals surface area contributed by atoms with Gasteiger partial charge in [-0.3, -0.25) is 0 Å². The molecular formula is C14H20ClN3O3S. The summed E-state index contributed by atoms with van der Waals surface area (Å²) in [6.45, 7) is 7.57. The summed E-state index contributed by atoms with van der Waals surface area (Å²) < 4.78 is 23.0. The van der Waals surface area contributed by atoms with Crippen LogP contribution in [0.5, 0.6) is 5.75 Å². The molecule has 0 spiro atoms. The lowest BCUT2D eigenvalue weighted by Gasteiger charge is -2.45. The fourth-order valence-electron chi connectivity index (χ4n) is 2.85. The van der Waals surface area contributed by atoms with Crippen molar-refractivity contribution < 1.29 is 14.0 Å². The van der Waals surface area contributed by atoms with Crippen LogP contribution in [-0.4, -0.2) is 52.7 Å². The molecule has 1 aromatic heterocycles. The van der Waals surface area contributed by atoms with Gasteiger partial charge in [0.15, 0.2) is 16.3 Å². The normalized spacial score (nSPS) is 26.0. The highest BCUT2D eigenvalue weighted by atomic mass is 35.5. The van der Waals surface area contributed by atoms with Crippen molar-refractivity contribution in [3.63, 3.8) is 0 Å². The molecule has 0 amide bonds. The van der Waals surface area contributed by atoms with Gasteiger partial charge in [0.05, 0.1) is 31.6 Å². The minimum atomic E-state index is -1.12. The van der Waals surface area contributed by atoms with Gasteiger partial charge in [-0.25, -0.2) is 4.98 Å². The largest absolute Gasteiger partial charge is 0.616 e. The van der Waals surface area contributed by atoms with Crippen molar-refractivity contribution in [2.75, 3.05) is 31.0 Å². The van der Waals surface area contributed by atoms with E-state index in [2.05, 4.69) is 21.8 Å². The maximum absolute atomic E-state index is 12.1. The third-order valence-electron chi connectivity index (χ3n) is 4.31. The van der Waals surface area contributed by atoms with Crippen molar-refractivity contribution in [2.24, 2.45) is 0 Å². The zero-order chi connectivity index (χ0) is 16.1. The fraction of sp³-hybridized carbons (Fsp3) is 0.714. The molecule has 0 saturated carbocycles. The zero-order valence-corrected chi connectivity index (χ0v) is 14.7. The molecule has 0 N–H and O–H groups in total. The van der Waals surface area contributed by atoms with Gasteiger partial charge in [0.1, 0.15) is 12.3 Å². The first-order chi connectivity index (χ1) is 10.3. The Hall–Kier alpha value is -0.760. The van der Waals surface area contributed by atoms with Gasteiger partial charge in [-0.2, -0.15) is 4.98 Å². The number of hydrogen-bond donors (Lipinski definition) is 0. The Labute approximate surface area is 138 Å². The first kappa shape index (κ1) is 16.1. The molecule has 3 heterocycles. The molecule has 2 aliphatic rings. The lowest BCUT2D eigenvalue weighted by Crippen LogP contribution is -2.56. The van der Waals surface area contributed by atoms with Crippen molar-refractivity contribution >= 4 is 28.6 Å². The summed E-state index contributed by atoms with van der Waals surface area (Å²) in [5.41, 5.74) is 0.598. The maximum Gasteiger partial charge on any atom is 0.225 e. The Bertz CT molecular complexity index is 585. The minimum absolute atomic E-state index is 0.116. The van der Waals surface area contributed by atoms with E-state index >= 15 is 0 Å². The van der Waals surface area contributed by atoms with E-state index in [0.29, 0.717) is 37.1 Å². The first-order valence-electron chi connectivity index (χ1n) is 7.22. The SMILES string of the molecule is C[C@@H]1COCC2COc3c(nc(Cl)nc3C(C)(C)[S+](C)[O-])N21. The second-order valence-corrected chi connectivity index (χ2v) is 8.48. The molecule has 0 radical (unpaired) electrons. The molecule has 8 heteroatoms. The van der Waals surface area contributed by atoms with Crippen molar-refractivity contribution in [2.45, 2.75) is 37.6 Å². The molecule has 6 nitrogen and oxygen atoms in total. The van der Waals surface area contributed by atoms with Gasteiger partial charge in [-0.1, -0.05) is 0 Å². The quantitative estimate of drug-likeness (QED) is 0.600. The van der Waals surface area contributed by atoms with Crippen LogP contribution >= 0.6 is 11.6 Å². The van der Waals surface area contributed by atoms with Crippen LogP contribution in [-0.2, 0) is 20.7 Å². The van der Waals surface area contributed by atoms with Crippen molar-refractivity contribution in [3.8, 4) is 5.75 Å². The summed E-state index contributed by atoms with van der Waals surface area (Å²) >= 11 is 5.01. The number of rotatable bonds is 2. The van der Waals surface area contributed by atoms with Gasteiger partial charge >= 0.3 is 0 Å². The number of fused-ring (bicyclic) bond motifs is 3. The summed E-state index contributed by atoms with van der Waals surface area (Å²) in [5, 5.41) is 0.148. The summed E-state index contributed by atoms with van der Waals surface area (Å²) in [6, 6.07) is 0.292. The molecule has 0 aromatic carbocycles. The number of morpholine rings is 1. The Morgan fingerprint density at radius 2 is 2.05 bits per heavy atom. The van der Waals surface area contributed by atoms with Gasteiger partial charge < -0.3 is 18.9 Å². The van der Waals surface area contributed by atoms with E-state index in [-0.39, 0.29) is 17.4 Å². The van der Waals surface area contributed by atoms with E-state index in [1.165, 1.54) is 0 Å². The zero-order valence-electron chi connectivity index (χ0n) is 13.1. The minimum Gasteiger partial charge on any atom is -0.616 e. The van der Waals surface area contributed by atoms with Crippen LogP contribution in [0.3, 0.4) is 0 Å². The van der Waals surface area contributed by atoms with Gasteiger partial charge in [0.2, 0.25) is 5.28 Å². The molecule has 3 atom stereocenters. The molecule has 3 rings (SSSR count). The Morgan fingerprint density at radius 1 is 1.32 bits per heavy atom. The summed E-state index contributed by atoms with van der Waals surface area (Å²) in [4.78, 5) is 10.9. The smallest absolute Gasteiger partial charge is 0.225 e. The summed E-state index contributed by atoms with van der Waals surface area (Å²) in [5.74, 6) is 1.27. The van der Waals surface area contributed by atoms with Crippen LogP contribution in [0.1, 0.15) is 26.5 Å². The van der Waals surface area contributed by atoms with E-state index in [9.17, 15) is 4.55 Å². The van der Waals surface area contributed by atoms with E-state index in [1.807, 2.05) is 13.8 Å². The van der Waals surface area contributed by atoms with E-state index in [0.717, 1.165) is 0 Å². The number of halogens is 1. The van der Waals surface area contributed by atoms with Crippen molar-refractivity contribution in [1.29, 1.82) is 0 Å². The molecule has 2 unspecified atom stereocenters. The van der Waals surface area contributed by atoms with Crippen LogP contribution in [0, 0.1) is 0 Å². The van der Waals surface area contributed by atoms with Gasteiger partial charge in [-0.15, -0.1) is 0 Å². The van der Waals surface area contributed by atoms with E-state index < -0.39 is 15.9 Å². The topological polar surface area (TPSA) is 70.5 Å². The molecular weight excluding hydrogens is 326 g/mol. The molecule has 122 valence electrons. The monoisotopic (exact) mass is 345 g/mol. The number of hydrogen-bond acceptors (Lipinski definition) is 6. The van der Waals surface area contributed by atoms with Gasteiger partial charge in [0, 0.05) is 0 Å². The molecule has 0 aliphatic carbocycles. The number of nitrogens with zero attached hydrogens (tertiary/aromatic N) is 3. The van der Waals surface area contributed by atoms with Crippen LogP contribution < -0.4 is 9.64 Å². The highest BCUT2D eigenvalue weighted by molar-refractivity contribution is 7.91. The predicted octanol–water partition coefficient (Wildman–Crippen LogP) is 1.73. The lowest BCUT2D eigenvalue weighted by atomic mass is 10.0. The highest BCUT2D eigenvalue weighted by Crippen LogP contribution is 2.43. The molecule has 1 fully saturated rings. The summed E-state index contributed by atoms with van der Waals surface area (Å²) in [7, 11) is 0. The van der Waals surface area contributed by atoms with Crippen molar-refractivity contribution in [1.82, 2.24) is 9.97 Å². The van der Waals surface area contributed by atoms with E-state index in [4.69, 9.17) is 21.1 Å². The number of anilines is 1. The second-order valence-electron chi connectivity index (χ2n) is 6.22. The third-order valence-corrected chi connectivity index (χ3v) is 6.11.